The first kappa shape index (κ1) is 6.02. The van der Waals surface area contributed by atoms with Gasteiger partial charge in [0.1, 0.15) is 0 Å². The van der Waals surface area contributed by atoms with Gasteiger partial charge in [-0.1, -0.05) is 0 Å². The Balaban J connectivity index is 3.02. The molecule has 0 amide bonds. The lowest BCUT2D eigenvalue weighted by Gasteiger charge is -1.98. The van der Waals surface area contributed by atoms with E-state index in [1.54, 1.807) is 5.97 Å². The summed E-state index contributed by atoms with van der Waals surface area (Å²) in [5, 5.41) is 7.84. The average molecular weight is 97.9 g/mol. The molecule has 0 N–H and O–H groups in total. The van der Waals surface area contributed by atoms with Gasteiger partial charge in [-0.3, -0.25) is 4.79 Å². The van der Waals surface area contributed by atoms with Crippen molar-refractivity contribution in [3.8, 4) is 5.97 Å². The van der Waals surface area contributed by atoms with E-state index in [-0.39, 0.29) is 5.97 Å². The molecule has 0 radical (unpaired) electrons. The van der Waals surface area contributed by atoms with Crippen LogP contribution in [0.2, 0.25) is 0 Å². The molecule has 7 heavy (non-hydrogen) atoms. The zero-order valence-electron chi connectivity index (χ0n) is 4.26. The minimum absolute atomic E-state index is 0.360. The molecular weight excluding hydrogens is 92.9 g/mol. The third-order valence-electron chi connectivity index (χ3n) is 0.481. The largest absolute Gasteiger partial charge is 0.681 e. The Morgan fingerprint density at radius 1 is 2.00 bits per heavy atom. The summed E-state index contributed by atoms with van der Waals surface area (Å²) in [6.07, 6.45) is 0. The maximum absolute atomic E-state index is 9.86. The zero-order chi connectivity index (χ0) is 5.70. The Morgan fingerprint density at radius 3 is 2.71 bits per heavy atom. The molecule has 0 heterocycles. The molecule has 0 aliphatic heterocycles. The summed E-state index contributed by atoms with van der Waals surface area (Å²) >= 11 is 0. The third-order valence-corrected chi connectivity index (χ3v) is 0.481. The van der Waals surface area contributed by atoms with Crippen LogP contribution in [-0.4, -0.2) is 13.5 Å². The van der Waals surface area contributed by atoms with Crippen molar-refractivity contribution < 1.29 is 9.45 Å². The van der Waals surface area contributed by atoms with Crippen molar-refractivity contribution in [1.82, 2.24) is 0 Å². The van der Waals surface area contributed by atoms with Crippen molar-refractivity contribution in [2.75, 3.05) is 0 Å². The highest BCUT2D eigenvalue weighted by Crippen LogP contribution is 1.67. The standard InChI is InChI=1S/C3H5BNO2/c1-3(6)7-4-2-5/h4H2,1H3/q-1. The van der Waals surface area contributed by atoms with E-state index in [1.165, 1.54) is 6.92 Å². The first-order valence-electron chi connectivity index (χ1n) is 2.04. The molecule has 0 fully saturated rings. The molecule has 0 aliphatic carbocycles. The summed E-state index contributed by atoms with van der Waals surface area (Å²) < 4.78 is 4.32. The molecule has 0 saturated carbocycles. The van der Waals surface area contributed by atoms with Gasteiger partial charge in [-0.2, -0.15) is 0 Å². The van der Waals surface area contributed by atoms with Crippen molar-refractivity contribution in [3.63, 3.8) is 0 Å². The smallest absolute Gasteiger partial charge is 0.255 e. The van der Waals surface area contributed by atoms with Crippen LogP contribution in [0.5, 0.6) is 0 Å². The fourth-order valence-electron chi connectivity index (χ4n) is 0.189. The van der Waals surface area contributed by atoms with Gasteiger partial charge in [0.2, 0.25) is 7.48 Å². The van der Waals surface area contributed by atoms with E-state index in [0.717, 1.165) is 0 Å². The topological polar surface area (TPSA) is 50.1 Å². The van der Waals surface area contributed by atoms with Gasteiger partial charge in [-0.15, -0.1) is 5.97 Å². The fraction of sp³-hybridized carbons (Fsp3) is 0.333. The van der Waals surface area contributed by atoms with E-state index in [9.17, 15) is 4.79 Å². The Hall–Kier alpha value is -0.975. The zero-order valence-corrected chi connectivity index (χ0v) is 4.26. The van der Waals surface area contributed by atoms with Crippen LogP contribution in [0.15, 0.2) is 0 Å². The van der Waals surface area contributed by atoms with Crippen LogP contribution in [0.4, 0.5) is 0 Å². The van der Waals surface area contributed by atoms with Gasteiger partial charge in [0, 0.05) is 6.92 Å². The van der Waals surface area contributed by atoms with E-state index in [1.807, 2.05) is 0 Å². The molecule has 38 valence electrons. The fourth-order valence-corrected chi connectivity index (χ4v) is 0.189. The molecule has 0 aromatic carbocycles. The number of carbonyl (C=O) groups excluding carboxylic acids is 1. The molecule has 0 spiro atoms. The van der Waals surface area contributed by atoms with E-state index in [2.05, 4.69) is 4.65 Å². The third kappa shape index (κ3) is 5.02. The molecule has 0 aromatic rings. The van der Waals surface area contributed by atoms with Crippen molar-refractivity contribution in [1.29, 1.82) is 5.26 Å². The highest BCUT2D eigenvalue weighted by molar-refractivity contribution is 6.40. The van der Waals surface area contributed by atoms with Crippen molar-refractivity contribution in [3.05, 3.63) is 0 Å². The summed E-state index contributed by atoms with van der Waals surface area (Å²) in [6.45, 7) is 1.29. The number of hydrogen-bond donors (Lipinski definition) is 0. The maximum Gasteiger partial charge on any atom is 0.255 e. The molecule has 0 aliphatic rings. The molecule has 0 rings (SSSR count). The summed E-state index contributed by atoms with van der Waals surface area (Å²) in [4.78, 5) is 9.86. The predicted octanol–water partition coefficient (Wildman–Crippen LogP) is -0.886. The lowest BCUT2D eigenvalue weighted by Crippen LogP contribution is -2.00. The van der Waals surface area contributed by atoms with Gasteiger partial charge in [-0.05, 0) is 0 Å². The van der Waals surface area contributed by atoms with Crippen molar-refractivity contribution >= 4 is 13.5 Å². The van der Waals surface area contributed by atoms with Crippen molar-refractivity contribution in [2.45, 2.75) is 6.92 Å². The van der Waals surface area contributed by atoms with Gasteiger partial charge < -0.3 is 4.65 Å². The molecule has 4 heteroatoms. The second-order valence-electron chi connectivity index (χ2n) is 1.12. The van der Waals surface area contributed by atoms with Crippen LogP contribution in [0.25, 0.3) is 0 Å². The highest BCUT2D eigenvalue weighted by atomic mass is 16.5. The first-order valence-corrected chi connectivity index (χ1v) is 2.04. The number of hydrogen-bond acceptors (Lipinski definition) is 3. The molecule has 0 atom stereocenters. The summed E-state index contributed by atoms with van der Waals surface area (Å²) in [5.74, 6) is 1.42. The minimum Gasteiger partial charge on any atom is -0.681 e. The SMILES string of the molecule is CC(=O)O[BH2-]C#N. The van der Waals surface area contributed by atoms with E-state index in [4.69, 9.17) is 5.26 Å². The number of nitriles is 1. The molecule has 0 bridgehead atoms. The summed E-state index contributed by atoms with van der Waals surface area (Å²) in [6, 6.07) is 0. The molecule has 0 saturated heterocycles. The van der Waals surface area contributed by atoms with E-state index in [0.29, 0.717) is 0 Å². The van der Waals surface area contributed by atoms with E-state index >= 15 is 0 Å². The van der Waals surface area contributed by atoms with Crippen LogP contribution in [0.1, 0.15) is 6.92 Å². The van der Waals surface area contributed by atoms with E-state index < -0.39 is 7.48 Å². The quantitative estimate of drug-likeness (QED) is 0.400. The lowest BCUT2D eigenvalue weighted by molar-refractivity contribution is -0.131. The Kier molecular flexibility index (Phi) is 2.77. The lowest BCUT2D eigenvalue weighted by atomic mass is 10.1. The van der Waals surface area contributed by atoms with Crippen LogP contribution >= 0.6 is 0 Å². The summed E-state index contributed by atoms with van der Waals surface area (Å²) in [5.41, 5.74) is 0. The van der Waals surface area contributed by atoms with Gasteiger partial charge in [-0.25, -0.2) is 5.26 Å². The second-order valence-corrected chi connectivity index (χ2v) is 1.12. The first-order chi connectivity index (χ1) is 3.27. The average Bonchev–Trinajstić information content (AvgIpc) is 1.61. The molecule has 3 nitrogen and oxygen atoms in total. The van der Waals surface area contributed by atoms with Crippen LogP contribution in [0, 0.1) is 11.2 Å². The van der Waals surface area contributed by atoms with Crippen molar-refractivity contribution in [2.24, 2.45) is 0 Å². The number of nitrogens with zero attached hydrogens (tertiary/aromatic N) is 1. The van der Waals surface area contributed by atoms with Gasteiger partial charge >= 0.3 is 0 Å². The Bertz CT molecular complexity index is 106. The maximum atomic E-state index is 9.86. The summed E-state index contributed by atoms with van der Waals surface area (Å²) in [7, 11) is -1.07. The predicted molar refractivity (Wildman–Crippen MR) is 25.9 cm³/mol. The Morgan fingerprint density at radius 2 is 2.57 bits per heavy atom. The Labute approximate surface area is 42.2 Å². The monoisotopic (exact) mass is 98.0 g/mol. The van der Waals surface area contributed by atoms with Gasteiger partial charge in [0.15, 0.2) is 0 Å². The molecule has 0 aromatic heterocycles. The van der Waals surface area contributed by atoms with Crippen LogP contribution in [-0.2, 0) is 9.45 Å². The molecule has 0 unspecified atom stereocenters. The normalized spacial score (nSPS) is 6.86. The van der Waals surface area contributed by atoms with Gasteiger partial charge in [0.05, 0.1) is 0 Å². The minimum atomic E-state index is -1.07. The van der Waals surface area contributed by atoms with Crippen LogP contribution in [0.3, 0.4) is 0 Å². The number of rotatable bonds is 1. The van der Waals surface area contributed by atoms with Crippen LogP contribution < -0.4 is 0 Å². The highest BCUT2D eigenvalue weighted by Gasteiger charge is 1.78. The van der Waals surface area contributed by atoms with Gasteiger partial charge in [0.25, 0.3) is 5.97 Å². The number of carbonyl (C=O) groups is 1. The second kappa shape index (κ2) is 3.22. The molecular formula is C3H5BNO2-.